The average molecular weight is 479 g/mol. The molecule has 3 heterocycles. The molecule has 172 valence electrons. The number of nitrogens with zero attached hydrogens (tertiary/aromatic N) is 2. The zero-order valence-corrected chi connectivity index (χ0v) is 18.4. The van der Waals surface area contributed by atoms with Crippen LogP contribution in [0.1, 0.15) is 26.3 Å². The summed E-state index contributed by atoms with van der Waals surface area (Å²) in [6.45, 7) is -0.374. The first kappa shape index (κ1) is 21.7. The Morgan fingerprint density at radius 2 is 1.65 bits per heavy atom. The third kappa shape index (κ3) is 3.90. The number of hydrogen-bond donors (Lipinski definition) is 1. The molecular weight excluding hydrogens is 462 g/mol. The van der Waals surface area contributed by atoms with Gasteiger partial charge in [-0.1, -0.05) is 18.2 Å². The van der Waals surface area contributed by atoms with E-state index in [9.17, 15) is 24.0 Å². The van der Waals surface area contributed by atoms with Crippen molar-refractivity contribution in [2.24, 2.45) is 0 Å². The van der Waals surface area contributed by atoms with Crippen LogP contribution in [0.25, 0.3) is 6.08 Å². The molecular formula is C23H17N3O7S. The fraction of sp³-hybridized carbons (Fsp3) is 0.174. The highest BCUT2D eigenvalue weighted by Crippen LogP contribution is 2.36. The molecule has 34 heavy (non-hydrogen) atoms. The topological polar surface area (TPSA) is 122 Å². The predicted octanol–water partition coefficient (Wildman–Crippen LogP) is 1.86. The van der Waals surface area contributed by atoms with Crippen molar-refractivity contribution < 1.29 is 33.4 Å². The zero-order chi connectivity index (χ0) is 23.8. The summed E-state index contributed by atoms with van der Waals surface area (Å²) >= 11 is 0.805. The van der Waals surface area contributed by atoms with E-state index in [0.717, 1.165) is 21.6 Å². The van der Waals surface area contributed by atoms with Crippen molar-refractivity contribution >= 4 is 46.7 Å². The van der Waals surface area contributed by atoms with Crippen LogP contribution in [0, 0.1) is 0 Å². The maximum atomic E-state index is 12.7. The minimum absolute atomic E-state index is 0.0165. The predicted molar refractivity (Wildman–Crippen MR) is 120 cm³/mol. The van der Waals surface area contributed by atoms with E-state index in [2.05, 4.69) is 5.32 Å². The summed E-state index contributed by atoms with van der Waals surface area (Å²) in [7, 11) is 0. The molecule has 0 saturated carbocycles. The fourth-order valence-corrected chi connectivity index (χ4v) is 4.60. The number of thioether (sulfide) groups is 1. The van der Waals surface area contributed by atoms with Gasteiger partial charge < -0.3 is 14.8 Å². The summed E-state index contributed by atoms with van der Waals surface area (Å²) in [5.41, 5.74) is 1.20. The van der Waals surface area contributed by atoms with Gasteiger partial charge in [0.1, 0.15) is 6.54 Å². The number of rotatable bonds is 6. The Labute approximate surface area is 197 Å². The van der Waals surface area contributed by atoms with E-state index in [4.69, 9.17) is 9.47 Å². The standard InChI is InChI=1S/C23H17N3O7S/c27-19(11-26-20(28)14-3-1-2-4-15(14)21(26)29)24-7-8-25-22(30)18(34-23(25)31)10-13-5-6-16-17(9-13)33-12-32-16/h1-6,9-10H,7-8,11-12H2,(H,24,27)/b18-10-. The number of amides is 5. The van der Waals surface area contributed by atoms with E-state index in [-0.39, 0.29) is 35.9 Å². The number of nitrogens with one attached hydrogen (secondary N) is 1. The minimum Gasteiger partial charge on any atom is -0.454 e. The molecule has 10 nitrogen and oxygen atoms in total. The molecule has 5 rings (SSSR count). The number of imide groups is 2. The van der Waals surface area contributed by atoms with Crippen molar-refractivity contribution in [3.8, 4) is 11.5 Å². The van der Waals surface area contributed by atoms with Crippen LogP contribution in [0.15, 0.2) is 47.4 Å². The normalized spacial score (nSPS) is 17.7. The van der Waals surface area contributed by atoms with Crippen LogP contribution >= 0.6 is 11.8 Å². The van der Waals surface area contributed by atoms with Gasteiger partial charge in [0, 0.05) is 13.1 Å². The molecule has 5 amide bonds. The van der Waals surface area contributed by atoms with Crippen LogP contribution in [0.3, 0.4) is 0 Å². The molecule has 0 spiro atoms. The fourth-order valence-electron chi connectivity index (χ4n) is 3.74. The second kappa shape index (κ2) is 8.67. The Hall–Kier alpha value is -4.12. The number of carbonyl (C=O) groups is 5. The van der Waals surface area contributed by atoms with Crippen LogP contribution in [0.2, 0.25) is 0 Å². The largest absolute Gasteiger partial charge is 0.454 e. The van der Waals surface area contributed by atoms with Crippen LogP contribution in [0.4, 0.5) is 4.79 Å². The number of ether oxygens (including phenoxy) is 2. The van der Waals surface area contributed by atoms with E-state index in [1.807, 2.05) is 0 Å². The highest BCUT2D eigenvalue weighted by molar-refractivity contribution is 8.18. The maximum absolute atomic E-state index is 12.7. The second-order valence-corrected chi connectivity index (χ2v) is 8.53. The Balaban J connectivity index is 1.16. The molecule has 1 fully saturated rings. The first-order chi connectivity index (χ1) is 16.4. The third-order valence-corrected chi connectivity index (χ3v) is 6.31. The quantitative estimate of drug-likeness (QED) is 0.492. The summed E-state index contributed by atoms with van der Waals surface area (Å²) in [5.74, 6) is -0.929. The molecule has 0 unspecified atom stereocenters. The summed E-state index contributed by atoms with van der Waals surface area (Å²) in [4.78, 5) is 64.2. The molecule has 2 aromatic rings. The van der Waals surface area contributed by atoms with E-state index >= 15 is 0 Å². The Morgan fingerprint density at radius 1 is 0.941 bits per heavy atom. The Morgan fingerprint density at radius 3 is 2.38 bits per heavy atom. The van der Waals surface area contributed by atoms with Gasteiger partial charge in [-0.15, -0.1) is 0 Å². The average Bonchev–Trinajstić information content (AvgIpc) is 3.47. The van der Waals surface area contributed by atoms with Crippen molar-refractivity contribution in [1.82, 2.24) is 15.1 Å². The van der Waals surface area contributed by atoms with Gasteiger partial charge in [-0.3, -0.25) is 33.8 Å². The van der Waals surface area contributed by atoms with Gasteiger partial charge in [0.2, 0.25) is 12.7 Å². The zero-order valence-electron chi connectivity index (χ0n) is 17.6. The molecule has 2 aromatic carbocycles. The maximum Gasteiger partial charge on any atom is 0.293 e. The first-order valence-electron chi connectivity index (χ1n) is 10.3. The molecule has 0 aromatic heterocycles. The molecule has 3 aliphatic heterocycles. The van der Waals surface area contributed by atoms with Crippen LogP contribution in [-0.2, 0) is 9.59 Å². The highest BCUT2D eigenvalue weighted by atomic mass is 32.2. The van der Waals surface area contributed by atoms with Gasteiger partial charge in [0.15, 0.2) is 11.5 Å². The molecule has 0 aliphatic carbocycles. The van der Waals surface area contributed by atoms with E-state index in [1.54, 1.807) is 36.4 Å². The van der Waals surface area contributed by atoms with E-state index < -0.39 is 35.4 Å². The van der Waals surface area contributed by atoms with Crippen LogP contribution in [-0.4, -0.2) is 65.1 Å². The Bertz CT molecular complexity index is 1250. The summed E-state index contributed by atoms with van der Waals surface area (Å²) in [6.07, 6.45) is 1.59. The van der Waals surface area contributed by atoms with Gasteiger partial charge >= 0.3 is 0 Å². The lowest BCUT2D eigenvalue weighted by molar-refractivity contribution is -0.124. The van der Waals surface area contributed by atoms with Gasteiger partial charge in [0.25, 0.3) is 23.0 Å². The van der Waals surface area contributed by atoms with Crippen LogP contribution in [0.5, 0.6) is 11.5 Å². The molecule has 11 heteroatoms. The monoisotopic (exact) mass is 479 g/mol. The Kier molecular flexibility index (Phi) is 5.54. The van der Waals surface area contributed by atoms with Crippen molar-refractivity contribution in [2.45, 2.75) is 0 Å². The van der Waals surface area contributed by atoms with Gasteiger partial charge in [0.05, 0.1) is 16.0 Å². The van der Waals surface area contributed by atoms with Crippen molar-refractivity contribution in [1.29, 1.82) is 0 Å². The second-order valence-electron chi connectivity index (χ2n) is 7.54. The number of fused-ring (bicyclic) bond motifs is 2. The molecule has 0 atom stereocenters. The van der Waals surface area contributed by atoms with Gasteiger partial charge in [-0.05, 0) is 47.7 Å². The highest BCUT2D eigenvalue weighted by Gasteiger charge is 2.37. The number of hydrogen-bond acceptors (Lipinski definition) is 8. The number of carbonyl (C=O) groups excluding carboxylic acids is 5. The van der Waals surface area contributed by atoms with Gasteiger partial charge in [-0.2, -0.15) is 0 Å². The molecule has 1 N–H and O–H groups in total. The van der Waals surface area contributed by atoms with Crippen molar-refractivity contribution in [2.75, 3.05) is 26.4 Å². The molecule has 1 saturated heterocycles. The summed E-state index contributed by atoms with van der Waals surface area (Å²) in [6, 6.07) is 11.5. The summed E-state index contributed by atoms with van der Waals surface area (Å²) in [5, 5.41) is 2.10. The lowest BCUT2D eigenvalue weighted by atomic mass is 10.1. The first-order valence-corrected chi connectivity index (χ1v) is 11.1. The molecule has 0 radical (unpaired) electrons. The van der Waals surface area contributed by atoms with Crippen molar-refractivity contribution in [3.63, 3.8) is 0 Å². The lowest BCUT2D eigenvalue weighted by Crippen LogP contribution is -2.43. The third-order valence-electron chi connectivity index (χ3n) is 5.41. The smallest absolute Gasteiger partial charge is 0.293 e. The molecule has 0 bridgehead atoms. The lowest BCUT2D eigenvalue weighted by Gasteiger charge is -2.15. The minimum atomic E-state index is -0.572. The van der Waals surface area contributed by atoms with Crippen LogP contribution < -0.4 is 14.8 Å². The van der Waals surface area contributed by atoms with Gasteiger partial charge in [-0.25, -0.2) is 0 Å². The SMILES string of the molecule is O=C(CN1C(=O)c2ccccc2C1=O)NCCN1C(=O)S/C(=C\c2ccc3c(c2)OCO3)C1=O. The van der Waals surface area contributed by atoms with E-state index in [0.29, 0.717) is 17.1 Å². The van der Waals surface area contributed by atoms with Crippen molar-refractivity contribution in [3.05, 3.63) is 64.1 Å². The molecule has 3 aliphatic rings. The summed E-state index contributed by atoms with van der Waals surface area (Å²) < 4.78 is 10.6. The number of benzene rings is 2. The van der Waals surface area contributed by atoms with E-state index in [1.165, 1.54) is 12.1 Å².